The fraction of sp³-hybridized carbons (Fsp3) is 0.632. The molecule has 0 radical (unpaired) electrons. The second kappa shape index (κ2) is 8.16. The summed E-state index contributed by atoms with van der Waals surface area (Å²) in [6.45, 7) is 5.50. The number of likely N-dealkylation sites (tertiary alicyclic amines) is 1. The first-order chi connectivity index (χ1) is 12.8. The number of hydrogen-bond acceptors (Lipinski definition) is 4. The van der Waals surface area contributed by atoms with E-state index >= 15 is 0 Å². The molecule has 2 aliphatic rings. The fourth-order valence-electron chi connectivity index (χ4n) is 3.89. The zero-order valence-electron chi connectivity index (χ0n) is 15.5. The molecule has 1 aromatic carbocycles. The van der Waals surface area contributed by atoms with Crippen LogP contribution < -0.4 is 0 Å². The second-order valence-corrected chi connectivity index (χ2v) is 7.60. The first-order valence-corrected chi connectivity index (χ1v) is 9.26. The van der Waals surface area contributed by atoms with Crippen molar-refractivity contribution in [1.29, 1.82) is 0 Å². The van der Waals surface area contributed by atoms with Gasteiger partial charge in [-0.1, -0.05) is 6.07 Å². The predicted octanol–water partition coefficient (Wildman–Crippen LogP) is 1.63. The Bertz CT molecular complexity index is 660. The van der Waals surface area contributed by atoms with Crippen LogP contribution >= 0.6 is 0 Å². The van der Waals surface area contributed by atoms with Crippen molar-refractivity contribution >= 4 is 5.91 Å². The first-order valence-electron chi connectivity index (χ1n) is 9.26. The van der Waals surface area contributed by atoms with Crippen molar-refractivity contribution in [1.82, 2.24) is 14.7 Å². The van der Waals surface area contributed by atoms with Crippen LogP contribution in [-0.4, -0.2) is 85.2 Å². The SMILES string of the molecule is CN1CCN(C[C@@H]2CN(C(=O)c3cccc(C(F)(F)F)c3)C[C@@H]2CO)CC1. The monoisotopic (exact) mass is 385 g/mol. The van der Waals surface area contributed by atoms with Gasteiger partial charge >= 0.3 is 6.18 Å². The number of carbonyl (C=O) groups excluding carboxylic acids is 1. The van der Waals surface area contributed by atoms with Gasteiger partial charge in [-0.15, -0.1) is 0 Å². The van der Waals surface area contributed by atoms with E-state index in [4.69, 9.17) is 0 Å². The number of piperazine rings is 1. The first kappa shape index (κ1) is 20.1. The minimum atomic E-state index is -4.47. The summed E-state index contributed by atoms with van der Waals surface area (Å²) in [5.74, 6) is -0.312. The van der Waals surface area contributed by atoms with E-state index in [1.54, 1.807) is 4.90 Å². The third-order valence-corrected chi connectivity index (χ3v) is 5.62. The highest BCUT2D eigenvalue weighted by molar-refractivity contribution is 5.94. The van der Waals surface area contributed by atoms with E-state index in [0.29, 0.717) is 13.1 Å². The standard InChI is InChI=1S/C19H26F3N3O2/c1-23-5-7-24(8-6-23)10-15-11-25(12-16(15)13-26)18(27)14-3-2-4-17(9-14)19(20,21)22/h2-4,9,15-16,26H,5-8,10-13H2,1H3/t15-,16-/m1/s1. The number of hydrogen-bond donors (Lipinski definition) is 1. The van der Waals surface area contributed by atoms with Gasteiger partial charge in [-0.25, -0.2) is 0 Å². The molecule has 0 aromatic heterocycles. The molecule has 5 nitrogen and oxygen atoms in total. The zero-order valence-corrected chi connectivity index (χ0v) is 15.5. The van der Waals surface area contributed by atoms with E-state index in [1.165, 1.54) is 12.1 Å². The Morgan fingerprint density at radius 1 is 1.15 bits per heavy atom. The molecule has 1 N–H and O–H groups in total. The van der Waals surface area contributed by atoms with Crippen molar-refractivity contribution in [2.24, 2.45) is 11.8 Å². The number of halogens is 3. The Hall–Kier alpha value is -1.64. The normalized spacial score (nSPS) is 25.1. The molecular weight excluding hydrogens is 359 g/mol. The van der Waals surface area contributed by atoms with Crippen LogP contribution in [0.4, 0.5) is 13.2 Å². The van der Waals surface area contributed by atoms with E-state index < -0.39 is 17.6 Å². The summed E-state index contributed by atoms with van der Waals surface area (Å²) in [5, 5.41) is 9.72. The second-order valence-electron chi connectivity index (χ2n) is 7.60. The number of likely N-dealkylation sites (N-methyl/N-ethyl adjacent to an activating group) is 1. The Kier molecular flexibility index (Phi) is 6.08. The average Bonchev–Trinajstić information content (AvgIpc) is 3.05. The molecule has 2 heterocycles. The Morgan fingerprint density at radius 3 is 2.44 bits per heavy atom. The van der Waals surface area contributed by atoms with Gasteiger partial charge in [-0.05, 0) is 31.2 Å². The van der Waals surface area contributed by atoms with Gasteiger partial charge in [-0.3, -0.25) is 4.79 Å². The third-order valence-electron chi connectivity index (χ3n) is 5.62. The molecule has 0 bridgehead atoms. The fourth-order valence-corrected chi connectivity index (χ4v) is 3.89. The Morgan fingerprint density at radius 2 is 1.81 bits per heavy atom. The number of amides is 1. The van der Waals surface area contributed by atoms with Crippen LogP contribution in [0.1, 0.15) is 15.9 Å². The molecule has 150 valence electrons. The van der Waals surface area contributed by atoms with Gasteiger partial charge in [0.15, 0.2) is 0 Å². The molecule has 3 rings (SSSR count). The van der Waals surface area contributed by atoms with Crippen LogP contribution in [0.2, 0.25) is 0 Å². The number of carbonyl (C=O) groups is 1. The van der Waals surface area contributed by atoms with Gasteiger partial charge in [0.2, 0.25) is 0 Å². The molecule has 0 saturated carbocycles. The van der Waals surface area contributed by atoms with Gasteiger partial charge in [0.1, 0.15) is 0 Å². The summed E-state index contributed by atoms with van der Waals surface area (Å²) in [7, 11) is 2.08. The van der Waals surface area contributed by atoms with Crippen molar-refractivity contribution in [3.63, 3.8) is 0 Å². The minimum Gasteiger partial charge on any atom is -0.396 e. The van der Waals surface area contributed by atoms with Gasteiger partial charge in [-0.2, -0.15) is 13.2 Å². The van der Waals surface area contributed by atoms with Crippen LogP contribution in [-0.2, 0) is 6.18 Å². The number of rotatable bonds is 4. The van der Waals surface area contributed by atoms with Gasteiger partial charge in [0.05, 0.1) is 5.56 Å². The maximum atomic E-state index is 12.9. The minimum absolute atomic E-state index is 0.0230. The predicted molar refractivity (Wildman–Crippen MR) is 95.4 cm³/mol. The van der Waals surface area contributed by atoms with E-state index in [1.807, 2.05) is 0 Å². The summed E-state index contributed by atoms with van der Waals surface area (Å²) in [4.78, 5) is 18.9. The average molecular weight is 385 g/mol. The quantitative estimate of drug-likeness (QED) is 0.856. The number of aliphatic hydroxyl groups is 1. The van der Waals surface area contributed by atoms with Gasteiger partial charge in [0, 0.05) is 63.9 Å². The van der Waals surface area contributed by atoms with Crippen LogP contribution in [0.25, 0.3) is 0 Å². The maximum Gasteiger partial charge on any atom is 0.416 e. The molecule has 8 heteroatoms. The largest absolute Gasteiger partial charge is 0.416 e. The molecule has 1 aromatic rings. The van der Waals surface area contributed by atoms with E-state index in [2.05, 4.69) is 16.8 Å². The maximum absolute atomic E-state index is 12.9. The van der Waals surface area contributed by atoms with E-state index in [9.17, 15) is 23.1 Å². The van der Waals surface area contributed by atoms with Crippen molar-refractivity contribution < 1.29 is 23.1 Å². The lowest BCUT2D eigenvalue weighted by molar-refractivity contribution is -0.137. The van der Waals surface area contributed by atoms with Crippen molar-refractivity contribution in [2.45, 2.75) is 6.18 Å². The van der Waals surface area contributed by atoms with Crippen LogP contribution in [0.3, 0.4) is 0 Å². The molecular formula is C19H26F3N3O2. The summed E-state index contributed by atoms with van der Waals surface area (Å²) in [5.41, 5.74) is -0.776. The molecule has 0 spiro atoms. The molecule has 2 aliphatic heterocycles. The van der Waals surface area contributed by atoms with E-state index in [-0.39, 0.29) is 24.0 Å². The number of aliphatic hydroxyl groups excluding tert-OH is 1. The summed E-state index contributed by atoms with van der Waals surface area (Å²) in [6, 6.07) is 4.55. The molecule has 0 unspecified atom stereocenters. The summed E-state index contributed by atoms with van der Waals surface area (Å²) >= 11 is 0. The highest BCUT2D eigenvalue weighted by atomic mass is 19.4. The number of alkyl halides is 3. The molecule has 0 aliphatic carbocycles. The lowest BCUT2D eigenvalue weighted by atomic mass is 9.96. The zero-order chi connectivity index (χ0) is 19.6. The summed E-state index contributed by atoms with van der Waals surface area (Å²) in [6.07, 6.45) is -4.47. The van der Waals surface area contributed by atoms with Crippen molar-refractivity contribution in [2.75, 3.05) is 59.5 Å². The molecule has 1 amide bonds. The number of benzene rings is 1. The topological polar surface area (TPSA) is 47.0 Å². The molecule has 2 fully saturated rings. The van der Waals surface area contributed by atoms with Crippen molar-refractivity contribution in [3.8, 4) is 0 Å². The lowest BCUT2D eigenvalue weighted by Crippen LogP contribution is -2.47. The van der Waals surface area contributed by atoms with Crippen LogP contribution in [0, 0.1) is 11.8 Å². The van der Waals surface area contributed by atoms with Gasteiger partial charge < -0.3 is 19.8 Å². The smallest absolute Gasteiger partial charge is 0.396 e. The lowest BCUT2D eigenvalue weighted by Gasteiger charge is -2.34. The summed E-state index contributed by atoms with van der Waals surface area (Å²) < 4.78 is 38.7. The molecule has 27 heavy (non-hydrogen) atoms. The highest BCUT2D eigenvalue weighted by Crippen LogP contribution is 2.31. The van der Waals surface area contributed by atoms with Crippen LogP contribution in [0.5, 0.6) is 0 Å². The molecule has 2 saturated heterocycles. The Balaban J connectivity index is 1.66. The van der Waals surface area contributed by atoms with E-state index in [0.717, 1.165) is 44.9 Å². The van der Waals surface area contributed by atoms with Crippen molar-refractivity contribution in [3.05, 3.63) is 35.4 Å². The number of nitrogens with zero attached hydrogens (tertiary/aromatic N) is 3. The third kappa shape index (κ3) is 4.80. The molecule has 2 atom stereocenters. The van der Waals surface area contributed by atoms with Crippen LogP contribution in [0.15, 0.2) is 24.3 Å². The van der Waals surface area contributed by atoms with Gasteiger partial charge in [0.25, 0.3) is 5.91 Å². The highest BCUT2D eigenvalue weighted by Gasteiger charge is 2.37. The Labute approximate surface area is 157 Å².